The van der Waals surface area contributed by atoms with Gasteiger partial charge in [-0.1, -0.05) is 42.5 Å². The molecule has 0 atom stereocenters. The van der Waals surface area contributed by atoms with Crippen molar-refractivity contribution >= 4 is 32.3 Å². The van der Waals surface area contributed by atoms with Crippen molar-refractivity contribution in [1.82, 2.24) is 4.98 Å². The maximum atomic E-state index is 12.8. The monoisotopic (exact) mass is 405 g/mol. The molecule has 3 N–H and O–H groups in total. The summed E-state index contributed by atoms with van der Waals surface area (Å²) in [5.41, 5.74) is 7.91. The molecule has 6 nitrogen and oxygen atoms in total. The topological polar surface area (TPSA) is 94.3 Å². The normalized spacial score (nSPS) is 11.3. The highest BCUT2D eigenvalue weighted by atomic mass is 32.2. The molecule has 0 spiro atoms. The van der Waals surface area contributed by atoms with Gasteiger partial charge >= 0.3 is 0 Å². The summed E-state index contributed by atoms with van der Waals surface area (Å²) >= 11 is 0. The van der Waals surface area contributed by atoms with E-state index in [1.807, 2.05) is 36.4 Å². The molecule has 0 amide bonds. The first-order chi connectivity index (χ1) is 14.0. The van der Waals surface area contributed by atoms with Crippen LogP contribution in [0.1, 0.15) is 5.56 Å². The number of hydrogen-bond acceptors (Lipinski definition) is 5. The summed E-state index contributed by atoms with van der Waals surface area (Å²) in [6, 6.07) is 23.1. The maximum Gasteiger partial charge on any atom is 0.264 e. The minimum Gasteiger partial charge on any atom is -0.488 e. The van der Waals surface area contributed by atoms with Crippen LogP contribution >= 0.6 is 0 Å². The number of rotatable bonds is 6. The number of sulfonamides is 1. The second-order valence-electron chi connectivity index (χ2n) is 6.43. The molecule has 3 aromatic carbocycles. The molecule has 0 fully saturated rings. The van der Waals surface area contributed by atoms with E-state index >= 15 is 0 Å². The lowest BCUT2D eigenvalue weighted by molar-refractivity contribution is 0.310. The van der Waals surface area contributed by atoms with Crippen molar-refractivity contribution in [1.29, 1.82) is 0 Å². The Morgan fingerprint density at radius 3 is 2.45 bits per heavy atom. The molecule has 146 valence electrons. The molecule has 0 unspecified atom stereocenters. The van der Waals surface area contributed by atoms with Gasteiger partial charge in [-0.3, -0.25) is 9.71 Å². The van der Waals surface area contributed by atoms with Crippen LogP contribution in [0, 0.1) is 0 Å². The van der Waals surface area contributed by atoms with Crippen LogP contribution < -0.4 is 15.2 Å². The van der Waals surface area contributed by atoms with Gasteiger partial charge in [0.25, 0.3) is 10.0 Å². The Morgan fingerprint density at radius 2 is 1.66 bits per heavy atom. The SMILES string of the molecule is Nc1ccccc1S(=O)(=O)Nc1ccc(OCc2ccccc2)c2cccnc12. The average molecular weight is 405 g/mol. The van der Waals surface area contributed by atoms with Crippen LogP contribution in [0.4, 0.5) is 11.4 Å². The summed E-state index contributed by atoms with van der Waals surface area (Å²) < 4.78 is 34.2. The number of nitrogens with two attached hydrogens (primary N) is 1. The fraction of sp³-hybridized carbons (Fsp3) is 0.0455. The van der Waals surface area contributed by atoms with Crippen molar-refractivity contribution in [2.24, 2.45) is 0 Å². The molecular formula is C22H19N3O3S. The zero-order chi connectivity index (χ0) is 20.3. The molecule has 1 heterocycles. The second kappa shape index (κ2) is 7.81. The quantitative estimate of drug-likeness (QED) is 0.469. The molecule has 0 saturated carbocycles. The Hall–Kier alpha value is -3.58. The van der Waals surface area contributed by atoms with Crippen molar-refractivity contribution in [3.05, 3.63) is 90.6 Å². The predicted octanol–water partition coefficient (Wildman–Crippen LogP) is 4.20. The number of nitrogens with zero attached hydrogens (tertiary/aromatic N) is 1. The lowest BCUT2D eigenvalue weighted by Gasteiger charge is -2.14. The van der Waals surface area contributed by atoms with E-state index < -0.39 is 10.0 Å². The molecule has 0 saturated heterocycles. The highest BCUT2D eigenvalue weighted by Crippen LogP contribution is 2.32. The minimum absolute atomic E-state index is 0.0217. The minimum atomic E-state index is -3.86. The number of hydrogen-bond donors (Lipinski definition) is 2. The number of ether oxygens (including phenoxy) is 1. The molecule has 4 aromatic rings. The molecule has 0 aliphatic heterocycles. The largest absolute Gasteiger partial charge is 0.488 e. The fourth-order valence-electron chi connectivity index (χ4n) is 3.02. The number of nitrogen functional groups attached to an aromatic ring is 1. The number of pyridine rings is 1. The van der Waals surface area contributed by atoms with Crippen molar-refractivity contribution < 1.29 is 13.2 Å². The van der Waals surface area contributed by atoms with E-state index in [9.17, 15) is 8.42 Å². The van der Waals surface area contributed by atoms with Crippen LogP contribution in [0.15, 0.2) is 90.0 Å². The van der Waals surface area contributed by atoms with Crippen LogP contribution in [0.25, 0.3) is 10.9 Å². The first-order valence-corrected chi connectivity index (χ1v) is 10.4. The Balaban J connectivity index is 1.67. The van der Waals surface area contributed by atoms with Gasteiger partial charge in [0.05, 0.1) is 16.9 Å². The smallest absolute Gasteiger partial charge is 0.264 e. The summed E-state index contributed by atoms with van der Waals surface area (Å²) in [6.07, 6.45) is 1.61. The van der Waals surface area contributed by atoms with E-state index in [1.54, 1.807) is 42.6 Å². The van der Waals surface area contributed by atoms with Crippen LogP contribution in [-0.4, -0.2) is 13.4 Å². The highest BCUT2D eigenvalue weighted by Gasteiger charge is 2.19. The lowest BCUT2D eigenvalue weighted by Crippen LogP contribution is -2.15. The number of para-hydroxylation sites is 1. The third-order valence-electron chi connectivity index (χ3n) is 4.42. The van der Waals surface area contributed by atoms with Gasteiger partial charge < -0.3 is 10.5 Å². The third kappa shape index (κ3) is 4.00. The molecule has 1 aromatic heterocycles. The molecule has 0 radical (unpaired) electrons. The van der Waals surface area contributed by atoms with Crippen LogP contribution in [0.5, 0.6) is 5.75 Å². The number of nitrogens with one attached hydrogen (secondary N) is 1. The van der Waals surface area contributed by atoms with Gasteiger partial charge in [-0.2, -0.15) is 0 Å². The van der Waals surface area contributed by atoms with E-state index in [4.69, 9.17) is 10.5 Å². The summed E-state index contributed by atoms with van der Waals surface area (Å²) in [7, 11) is -3.86. The van der Waals surface area contributed by atoms with Gasteiger partial charge in [-0.25, -0.2) is 8.42 Å². The molecule has 0 bridgehead atoms. The molecule has 0 aliphatic rings. The first kappa shape index (κ1) is 18.8. The van der Waals surface area contributed by atoms with Gasteiger partial charge in [0.15, 0.2) is 0 Å². The summed E-state index contributed by atoms with van der Waals surface area (Å²) in [6.45, 7) is 0.399. The lowest BCUT2D eigenvalue weighted by atomic mass is 10.1. The molecule has 7 heteroatoms. The summed E-state index contributed by atoms with van der Waals surface area (Å²) in [5, 5.41) is 0.713. The summed E-state index contributed by atoms with van der Waals surface area (Å²) in [4.78, 5) is 4.38. The van der Waals surface area contributed by atoms with E-state index in [0.29, 0.717) is 28.9 Å². The van der Waals surface area contributed by atoms with Gasteiger partial charge in [-0.15, -0.1) is 0 Å². The molecule has 0 aliphatic carbocycles. The standard InChI is InChI=1S/C22H19N3O3S/c23-18-10-4-5-11-21(18)29(26,27)25-19-12-13-20(17-9-6-14-24-22(17)19)28-15-16-7-2-1-3-8-16/h1-14,25H,15,23H2. The van der Waals surface area contributed by atoms with E-state index in [1.165, 1.54) is 6.07 Å². The number of anilines is 2. The molecule has 29 heavy (non-hydrogen) atoms. The van der Waals surface area contributed by atoms with Crippen LogP contribution in [-0.2, 0) is 16.6 Å². The van der Waals surface area contributed by atoms with Gasteiger partial charge in [0.1, 0.15) is 17.3 Å². The Labute approximate surface area is 169 Å². The van der Waals surface area contributed by atoms with Crippen LogP contribution in [0.3, 0.4) is 0 Å². The second-order valence-corrected chi connectivity index (χ2v) is 8.08. The zero-order valence-electron chi connectivity index (χ0n) is 15.4. The average Bonchev–Trinajstić information content (AvgIpc) is 2.74. The van der Waals surface area contributed by atoms with Gasteiger partial charge in [0.2, 0.25) is 0 Å². The van der Waals surface area contributed by atoms with Gasteiger partial charge in [-0.05, 0) is 42.0 Å². The Morgan fingerprint density at radius 1 is 0.897 bits per heavy atom. The maximum absolute atomic E-state index is 12.8. The van der Waals surface area contributed by atoms with Gasteiger partial charge in [0, 0.05) is 11.6 Å². The highest BCUT2D eigenvalue weighted by molar-refractivity contribution is 7.93. The van der Waals surface area contributed by atoms with E-state index in [-0.39, 0.29) is 10.6 Å². The van der Waals surface area contributed by atoms with Crippen molar-refractivity contribution in [3.8, 4) is 5.75 Å². The number of fused-ring (bicyclic) bond motifs is 1. The molecule has 4 rings (SSSR count). The third-order valence-corrected chi connectivity index (χ3v) is 5.86. The van der Waals surface area contributed by atoms with Crippen molar-refractivity contribution in [2.75, 3.05) is 10.5 Å². The summed E-state index contributed by atoms with van der Waals surface area (Å²) in [5.74, 6) is 0.624. The number of benzene rings is 3. The zero-order valence-corrected chi connectivity index (χ0v) is 16.3. The first-order valence-electron chi connectivity index (χ1n) is 8.96. The van der Waals surface area contributed by atoms with Crippen LogP contribution in [0.2, 0.25) is 0 Å². The van der Waals surface area contributed by atoms with Crippen molar-refractivity contribution in [3.63, 3.8) is 0 Å². The van der Waals surface area contributed by atoms with E-state index in [2.05, 4.69) is 9.71 Å². The molecular weight excluding hydrogens is 386 g/mol. The Bertz CT molecular complexity index is 1260. The predicted molar refractivity (Wildman–Crippen MR) is 114 cm³/mol. The fourth-order valence-corrected chi connectivity index (χ4v) is 4.22. The number of aromatic nitrogens is 1. The Kier molecular flexibility index (Phi) is 5.05. The van der Waals surface area contributed by atoms with Crippen molar-refractivity contribution in [2.45, 2.75) is 11.5 Å². The van der Waals surface area contributed by atoms with E-state index in [0.717, 1.165) is 5.56 Å².